The lowest BCUT2D eigenvalue weighted by Crippen LogP contribution is -2.52. The molecule has 1 atom stereocenters. The Morgan fingerprint density at radius 2 is 1.59 bits per heavy atom. The lowest BCUT2D eigenvalue weighted by molar-refractivity contribution is -0.139. The van der Waals surface area contributed by atoms with E-state index in [1.807, 2.05) is 0 Å². The van der Waals surface area contributed by atoms with Crippen molar-refractivity contribution in [1.82, 2.24) is 10.2 Å². The van der Waals surface area contributed by atoms with Gasteiger partial charge in [0.15, 0.2) is 0 Å². The molecule has 0 aliphatic carbocycles. The van der Waals surface area contributed by atoms with Crippen molar-refractivity contribution >= 4 is 39.1 Å². The molecule has 10 heteroatoms. The van der Waals surface area contributed by atoms with E-state index >= 15 is 0 Å². The van der Waals surface area contributed by atoms with E-state index in [1.165, 1.54) is 53.4 Å². The predicted molar refractivity (Wildman–Crippen MR) is 123 cm³/mol. The quantitative estimate of drug-likeness (QED) is 0.593. The van der Waals surface area contributed by atoms with Gasteiger partial charge in [-0.25, -0.2) is 12.8 Å². The first-order valence-electron chi connectivity index (χ1n) is 9.96. The molecule has 0 unspecified atom stereocenters. The van der Waals surface area contributed by atoms with Crippen molar-refractivity contribution in [3.8, 4) is 0 Å². The largest absolute Gasteiger partial charge is 0.352 e. The Morgan fingerprint density at radius 3 is 2.09 bits per heavy atom. The third kappa shape index (κ3) is 7.20. The molecule has 2 rings (SSSR count). The molecular weight excluding hydrogens is 457 g/mol. The maximum absolute atomic E-state index is 13.3. The number of nitrogens with one attached hydrogen (secondary N) is 1. The average Bonchev–Trinajstić information content (AvgIpc) is 2.70. The Kier molecular flexibility index (Phi) is 8.63. The topological polar surface area (TPSA) is 86.8 Å². The Bertz CT molecular complexity index is 1040. The van der Waals surface area contributed by atoms with Gasteiger partial charge >= 0.3 is 0 Å². The average molecular weight is 484 g/mol. The van der Waals surface area contributed by atoms with E-state index in [0.717, 1.165) is 10.6 Å². The molecule has 2 aromatic carbocycles. The molecule has 0 bridgehead atoms. The third-order valence-electron chi connectivity index (χ3n) is 4.66. The van der Waals surface area contributed by atoms with Crippen molar-refractivity contribution in [3.63, 3.8) is 0 Å². The van der Waals surface area contributed by atoms with Gasteiger partial charge in [-0.1, -0.05) is 23.7 Å². The van der Waals surface area contributed by atoms with Crippen molar-refractivity contribution < 1.29 is 22.4 Å². The van der Waals surface area contributed by atoms with Gasteiger partial charge in [0.1, 0.15) is 18.4 Å². The van der Waals surface area contributed by atoms with Crippen LogP contribution in [0.5, 0.6) is 0 Å². The summed E-state index contributed by atoms with van der Waals surface area (Å²) in [6.07, 6.45) is 0.994. The van der Waals surface area contributed by atoms with Crippen LogP contribution in [0.25, 0.3) is 0 Å². The van der Waals surface area contributed by atoms with Gasteiger partial charge in [-0.05, 0) is 62.7 Å². The number of anilines is 1. The van der Waals surface area contributed by atoms with Gasteiger partial charge in [-0.15, -0.1) is 0 Å². The van der Waals surface area contributed by atoms with Crippen LogP contribution in [-0.2, 0) is 26.2 Å². The Morgan fingerprint density at radius 1 is 1.03 bits per heavy atom. The van der Waals surface area contributed by atoms with Gasteiger partial charge in [0.25, 0.3) is 0 Å². The molecule has 2 amide bonds. The van der Waals surface area contributed by atoms with E-state index in [2.05, 4.69) is 5.32 Å². The molecule has 32 heavy (non-hydrogen) atoms. The molecule has 0 saturated heterocycles. The molecule has 0 aromatic heterocycles. The van der Waals surface area contributed by atoms with E-state index < -0.39 is 34.3 Å². The Hall–Kier alpha value is -2.65. The minimum atomic E-state index is -3.81. The first-order valence-corrected chi connectivity index (χ1v) is 12.2. The molecule has 0 radical (unpaired) electrons. The Labute approximate surface area is 193 Å². The monoisotopic (exact) mass is 483 g/mol. The summed E-state index contributed by atoms with van der Waals surface area (Å²) in [4.78, 5) is 27.2. The van der Waals surface area contributed by atoms with Crippen LogP contribution in [0.4, 0.5) is 10.1 Å². The summed E-state index contributed by atoms with van der Waals surface area (Å²) in [6.45, 7) is 4.64. The lowest BCUT2D eigenvalue weighted by Gasteiger charge is -2.31. The van der Waals surface area contributed by atoms with Crippen molar-refractivity contribution in [2.24, 2.45) is 0 Å². The zero-order valence-corrected chi connectivity index (χ0v) is 20.0. The van der Waals surface area contributed by atoms with E-state index in [0.29, 0.717) is 10.6 Å². The van der Waals surface area contributed by atoms with Crippen LogP contribution in [0.3, 0.4) is 0 Å². The molecule has 1 N–H and O–H groups in total. The molecule has 2 aromatic rings. The van der Waals surface area contributed by atoms with Crippen LogP contribution >= 0.6 is 11.6 Å². The van der Waals surface area contributed by atoms with Crippen molar-refractivity contribution in [2.75, 3.05) is 17.1 Å². The molecule has 0 fully saturated rings. The summed E-state index contributed by atoms with van der Waals surface area (Å²) in [7, 11) is -3.81. The SMILES string of the molecule is CC(C)NC(=O)[C@@H](C)N(Cc1ccc(F)cc1)C(=O)CN(c1ccc(Cl)cc1)S(C)(=O)=O. The van der Waals surface area contributed by atoms with E-state index in [-0.39, 0.29) is 24.2 Å². The summed E-state index contributed by atoms with van der Waals surface area (Å²) in [5.41, 5.74) is 0.868. The fourth-order valence-corrected chi connectivity index (χ4v) is 3.97. The number of nitrogens with zero attached hydrogens (tertiary/aromatic N) is 2. The summed E-state index contributed by atoms with van der Waals surface area (Å²) in [5.74, 6) is -1.39. The number of benzene rings is 2. The van der Waals surface area contributed by atoms with Crippen molar-refractivity contribution in [3.05, 3.63) is 64.9 Å². The molecule has 0 aliphatic rings. The van der Waals surface area contributed by atoms with Gasteiger partial charge < -0.3 is 10.2 Å². The highest BCUT2D eigenvalue weighted by Gasteiger charge is 2.30. The fraction of sp³-hybridized carbons (Fsp3) is 0.364. The number of amides is 2. The van der Waals surface area contributed by atoms with Gasteiger partial charge in [0.05, 0.1) is 11.9 Å². The van der Waals surface area contributed by atoms with Gasteiger partial charge in [-0.2, -0.15) is 0 Å². The van der Waals surface area contributed by atoms with Gasteiger partial charge in [0, 0.05) is 17.6 Å². The van der Waals surface area contributed by atoms with E-state index in [9.17, 15) is 22.4 Å². The number of halogens is 2. The second-order valence-electron chi connectivity index (χ2n) is 7.73. The van der Waals surface area contributed by atoms with Crippen molar-refractivity contribution in [1.29, 1.82) is 0 Å². The van der Waals surface area contributed by atoms with Gasteiger partial charge in [0.2, 0.25) is 21.8 Å². The maximum atomic E-state index is 13.3. The third-order valence-corrected chi connectivity index (χ3v) is 6.05. The number of hydrogen-bond acceptors (Lipinski definition) is 4. The summed E-state index contributed by atoms with van der Waals surface area (Å²) < 4.78 is 39.1. The standard InChI is InChI=1S/C22H27ClFN3O4S/c1-15(2)25-22(29)16(3)26(13-17-5-9-19(24)10-6-17)21(28)14-27(32(4,30)31)20-11-7-18(23)8-12-20/h5-12,15-16H,13-14H2,1-4H3,(H,25,29)/t16-/m1/s1. The van der Waals surface area contributed by atoms with E-state index in [4.69, 9.17) is 11.6 Å². The smallest absolute Gasteiger partial charge is 0.244 e. The predicted octanol–water partition coefficient (Wildman–Crippen LogP) is 3.19. The molecular formula is C22H27ClFN3O4S. The highest BCUT2D eigenvalue weighted by atomic mass is 35.5. The number of carbonyl (C=O) groups is 2. The summed E-state index contributed by atoms with van der Waals surface area (Å²) in [5, 5.41) is 3.18. The highest BCUT2D eigenvalue weighted by molar-refractivity contribution is 7.92. The highest BCUT2D eigenvalue weighted by Crippen LogP contribution is 2.21. The molecule has 0 spiro atoms. The van der Waals surface area contributed by atoms with Crippen LogP contribution in [0, 0.1) is 5.82 Å². The number of sulfonamides is 1. The first kappa shape index (κ1) is 25.6. The maximum Gasteiger partial charge on any atom is 0.244 e. The minimum Gasteiger partial charge on any atom is -0.352 e. The summed E-state index contributed by atoms with van der Waals surface area (Å²) >= 11 is 5.89. The number of hydrogen-bond donors (Lipinski definition) is 1. The zero-order chi connectivity index (χ0) is 24.1. The van der Waals surface area contributed by atoms with E-state index in [1.54, 1.807) is 20.8 Å². The van der Waals surface area contributed by atoms with Crippen molar-refractivity contribution in [2.45, 2.75) is 39.4 Å². The van der Waals surface area contributed by atoms with Crippen LogP contribution < -0.4 is 9.62 Å². The van der Waals surface area contributed by atoms with Gasteiger partial charge in [-0.3, -0.25) is 13.9 Å². The minimum absolute atomic E-state index is 0.00398. The second-order valence-corrected chi connectivity index (χ2v) is 10.1. The molecule has 174 valence electrons. The molecule has 0 saturated carbocycles. The fourth-order valence-electron chi connectivity index (χ4n) is 3.00. The second kappa shape index (κ2) is 10.8. The molecule has 0 aliphatic heterocycles. The molecule has 0 heterocycles. The molecule has 7 nitrogen and oxygen atoms in total. The summed E-state index contributed by atoms with van der Waals surface area (Å²) in [6, 6.07) is 10.5. The zero-order valence-electron chi connectivity index (χ0n) is 18.4. The van der Waals surface area contributed by atoms with Crippen LogP contribution in [-0.4, -0.2) is 50.0 Å². The normalized spacial score (nSPS) is 12.3. The lowest BCUT2D eigenvalue weighted by atomic mass is 10.1. The number of carbonyl (C=O) groups excluding carboxylic acids is 2. The first-order chi connectivity index (χ1) is 14.9. The number of rotatable bonds is 9. The Balaban J connectivity index is 2.36. The van der Waals surface area contributed by atoms with Crippen LogP contribution in [0.2, 0.25) is 5.02 Å². The van der Waals surface area contributed by atoms with Crippen LogP contribution in [0.1, 0.15) is 26.3 Å². The van der Waals surface area contributed by atoms with Crippen LogP contribution in [0.15, 0.2) is 48.5 Å².